The first-order valence-corrected chi connectivity index (χ1v) is 6.11. The Kier molecular flexibility index (Phi) is 3.54. The largest absolute Gasteiger partial charge is 0.396 e. The highest BCUT2D eigenvalue weighted by atomic mass is 16.3. The summed E-state index contributed by atoms with van der Waals surface area (Å²) < 4.78 is 0. The maximum absolute atomic E-state index is 11.8. The molecule has 0 aromatic carbocycles. The zero-order chi connectivity index (χ0) is 12.3. The van der Waals surface area contributed by atoms with Crippen LogP contribution >= 0.6 is 0 Å². The maximum atomic E-state index is 11.8. The van der Waals surface area contributed by atoms with Crippen molar-refractivity contribution in [3.05, 3.63) is 10.4 Å². The standard InChI is InChI=1S/C11H18N4O2/c12-14-13-5-10(17)15-6-9-3-1-2-4-11(9,7-15)8-16/h9,16H,1-8H2/t9-,11-/m0/s1. The summed E-state index contributed by atoms with van der Waals surface area (Å²) in [5, 5.41) is 12.9. The van der Waals surface area contributed by atoms with Gasteiger partial charge in [-0.3, -0.25) is 4.79 Å². The third-order valence-corrected chi connectivity index (χ3v) is 4.23. The lowest BCUT2D eigenvalue weighted by Crippen LogP contribution is -2.38. The number of hydrogen-bond donors (Lipinski definition) is 1. The van der Waals surface area contributed by atoms with Gasteiger partial charge in [0.25, 0.3) is 0 Å². The first kappa shape index (κ1) is 12.2. The van der Waals surface area contributed by atoms with Gasteiger partial charge in [0, 0.05) is 23.4 Å². The van der Waals surface area contributed by atoms with Crippen molar-refractivity contribution < 1.29 is 9.90 Å². The third-order valence-electron chi connectivity index (χ3n) is 4.23. The van der Waals surface area contributed by atoms with E-state index < -0.39 is 0 Å². The van der Waals surface area contributed by atoms with Crippen molar-refractivity contribution in [2.24, 2.45) is 16.4 Å². The second-order valence-corrected chi connectivity index (χ2v) is 5.13. The SMILES string of the molecule is [N-]=[N+]=NCC(=O)N1C[C@@H]2CCCC[C@@]2(CO)C1. The summed E-state index contributed by atoms with van der Waals surface area (Å²) in [6, 6.07) is 0. The monoisotopic (exact) mass is 238 g/mol. The highest BCUT2D eigenvalue weighted by Crippen LogP contribution is 2.46. The number of carbonyl (C=O) groups is 1. The van der Waals surface area contributed by atoms with Gasteiger partial charge in [-0.15, -0.1) is 0 Å². The number of aliphatic hydroxyl groups is 1. The summed E-state index contributed by atoms with van der Waals surface area (Å²) in [6.45, 7) is 1.38. The second-order valence-electron chi connectivity index (χ2n) is 5.13. The fourth-order valence-electron chi connectivity index (χ4n) is 3.22. The number of fused-ring (bicyclic) bond motifs is 1. The van der Waals surface area contributed by atoms with Crippen LogP contribution in [-0.2, 0) is 4.79 Å². The molecule has 1 saturated heterocycles. The van der Waals surface area contributed by atoms with Crippen LogP contribution in [-0.4, -0.2) is 42.2 Å². The van der Waals surface area contributed by atoms with Crippen LogP contribution in [0.5, 0.6) is 0 Å². The highest BCUT2D eigenvalue weighted by Gasteiger charge is 2.48. The van der Waals surface area contributed by atoms with Crippen LogP contribution in [0.1, 0.15) is 25.7 Å². The van der Waals surface area contributed by atoms with Gasteiger partial charge in [-0.2, -0.15) is 0 Å². The molecule has 1 heterocycles. The molecule has 2 rings (SSSR count). The van der Waals surface area contributed by atoms with E-state index in [1.54, 1.807) is 4.90 Å². The van der Waals surface area contributed by atoms with Crippen molar-refractivity contribution in [3.8, 4) is 0 Å². The minimum absolute atomic E-state index is 0.0930. The normalized spacial score (nSPS) is 31.8. The van der Waals surface area contributed by atoms with Crippen LogP contribution < -0.4 is 0 Å². The van der Waals surface area contributed by atoms with Gasteiger partial charge in [-0.05, 0) is 24.3 Å². The summed E-state index contributed by atoms with van der Waals surface area (Å²) >= 11 is 0. The van der Waals surface area contributed by atoms with Gasteiger partial charge in [0.2, 0.25) is 5.91 Å². The highest BCUT2D eigenvalue weighted by molar-refractivity contribution is 5.78. The van der Waals surface area contributed by atoms with Crippen LogP contribution in [0.2, 0.25) is 0 Å². The molecule has 0 spiro atoms. The third kappa shape index (κ3) is 2.23. The molecule has 1 amide bonds. The Hall–Kier alpha value is -1.26. The first-order valence-electron chi connectivity index (χ1n) is 6.11. The molecule has 1 aliphatic heterocycles. The number of aliphatic hydroxyl groups excluding tert-OH is 1. The van der Waals surface area contributed by atoms with E-state index in [4.69, 9.17) is 5.53 Å². The van der Waals surface area contributed by atoms with Crippen LogP contribution in [0, 0.1) is 11.3 Å². The Morgan fingerprint density at radius 3 is 3.06 bits per heavy atom. The van der Waals surface area contributed by atoms with Crippen molar-refractivity contribution >= 4 is 5.91 Å². The lowest BCUT2D eigenvalue weighted by molar-refractivity contribution is -0.129. The van der Waals surface area contributed by atoms with Crippen molar-refractivity contribution in [1.82, 2.24) is 4.90 Å². The first-order chi connectivity index (χ1) is 8.22. The minimum atomic E-state index is -0.120. The quantitative estimate of drug-likeness (QED) is 0.456. The summed E-state index contributed by atoms with van der Waals surface area (Å²) in [4.78, 5) is 16.1. The van der Waals surface area contributed by atoms with E-state index in [1.807, 2.05) is 0 Å². The Morgan fingerprint density at radius 2 is 2.41 bits per heavy atom. The molecule has 1 aliphatic carbocycles. The Labute approximate surface area is 100 Å². The molecule has 1 N–H and O–H groups in total. The predicted octanol–water partition coefficient (Wildman–Crippen LogP) is 1.31. The molecule has 17 heavy (non-hydrogen) atoms. The van der Waals surface area contributed by atoms with E-state index in [2.05, 4.69) is 10.0 Å². The smallest absolute Gasteiger partial charge is 0.228 e. The van der Waals surface area contributed by atoms with E-state index in [1.165, 1.54) is 6.42 Å². The van der Waals surface area contributed by atoms with Gasteiger partial charge in [0.15, 0.2) is 0 Å². The molecule has 0 aromatic rings. The number of carbonyl (C=O) groups excluding carboxylic acids is 1. The fraction of sp³-hybridized carbons (Fsp3) is 0.909. The molecule has 0 aromatic heterocycles. The van der Waals surface area contributed by atoms with Crippen molar-refractivity contribution in [3.63, 3.8) is 0 Å². The molecule has 0 bridgehead atoms. The van der Waals surface area contributed by atoms with Crippen LogP contribution in [0.3, 0.4) is 0 Å². The van der Waals surface area contributed by atoms with Crippen molar-refractivity contribution in [1.29, 1.82) is 0 Å². The maximum Gasteiger partial charge on any atom is 0.228 e. The van der Waals surface area contributed by atoms with E-state index in [9.17, 15) is 9.90 Å². The fourth-order valence-corrected chi connectivity index (χ4v) is 3.22. The minimum Gasteiger partial charge on any atom is -0.396 e. The average molecular weight is 238 g/mol. The lowest BCUT2D eigenvalue weighted by Gasteiger charge is -2.36. The number of azide groups is 1. The Morgan fingerprint density at radius 1 is 1.59 bits per heavy atom. The van der Waals surface area contributed by atoms with Crippen LogP contribution in [0.15, 0.2) is 5.11 Å². The number of amides is 1. The molecule has 2 atom stereocenters. The molecule has 6 nitrogen and oxygen atoms in total. The molecular weight excluding hydrogens is 220 g/mol. The molecule has 1 saturated carbocycles. The van der Waals surface area contributed by atoms with Gasteiger partial charge < -0.3 is 10.0 Å². The molecule has 2 aliphatic rings. The topological polar surface area (TPSA) is 89.3 Å². The van der Waals surface area contributed by atoms with Gasteiger partial charge in [0.05, 0.1) is 6.61 Å². The zero-order valence-electron chi connectivity index (χ0n) is 9.88. The van der Waals surface area contributed by atoms with Gasteiger partial charge in [-0.1, -0.05) is 18.0 Å². The molecule has 0 unspecified atom stereocenters. The lowest BCUT2D eigenvalue weighted by atomic mass is 9.69. The van der Waals surface area contributed by atoms with Gasteiger partial charge in [0.1, 0.15) is 6.54 Å². The summed E-state index contributed by atoms with van der Waals surface area (Å²) in [5.41, 5.74) is 8.12. The number of nitrogens with zero attached hydrogens (tertiary/aromatic N) is 4. The average Bonchev–Trinajstić information content (AvgIpc) is 2.76. The van der Waals surface area contributed by atoms with E-state index in [-0.39, 0.29) is 24.5 Å². The number of hydrogen-bond acceptors (Lipinski definition) is 3. The summed E-state index contributed by atoms with van der Waals surface area (Å²) in [5.74, 6) is 0.293. The number of rotatable bonds is 3. The van der Waals surface area contributed by atoms with Crippen LogP contribution in [0.4, 0.5) is 0 Å². The second kappa shape index (κ2) is 4.94. The zero-order valence-corrected chi connectivity index (χ0v) is 9.88. The Bertz CT molecular complexity index is 353. The van der Waals surface area contributed by atoms with E-state index >= 15 is 0 Å². The predicted molar refractivity (Wildman–Crippen MR) is 62.1 cm³/mol. The van der Waals surface area contributed by atoms with Crippen molar-refractivity contribution in [2.75, 3.05) is 26.2 Å². The molecule has 6 heteroatoms. The molecule has 94 valence electrons. The van der Waals surface area contributed by atoms with Crippen LogP contribution in [0.25, 0.3) is 10.4 Å². The van der Waals surface area contributed by atoms with E-state index in [0.717, 1.165) is 19.3 Å². The van der Waals surface area contributed by atoms with E-state index in [0.29, 0.717) is 19.0 Å². The van der Waals surface area contributed by atoms with Crippen molar-refractivity contribution in [2.45, 2.75) is 25.7 Å². The molecule has 0 radical (unpaired) electrons. The van der Waals surface area contributed by atoms with Gasteiger partial charge in [-0.25, -0.2) is 0 Å². The molecular formula is C11H18N4O2. The summed E-state index contributed by atoms with van der Waals surface area (Å²) in [7, 11) is 0. The Balaban J connectivity index is 2.05. The van der Waals surface area contributed by atoms with Gasteiger partial charge >= 0.3 is 0 Å². The number of likely N-dealkylation sites (tertiary alicyclic amines) is 1. The summed E-state index contributed by atoms with van der Waals surface area (Å²) in [6.07, 6.45) is 4.41. The molecule has 2 fully saturated rings.